The van der Waals surface area contributed by atoms with Gasteiger partial charge in [-0.15, -0.1) is 29.7 Å². The van der Waals surface area contributed by atoms with Crippen LogP contribution >= 0.6 is 0 Å². The topological polar surface area (TPSA) is 35.9 Å². The third-order valence-electron chi connectivity index (χ3n) is 16.8. The summed E-state index contributed by atoms with van der Waals surface area (Å²) in [5.41, 5.74) is 12.3. The molecule has 3 aromatic heterocycles. The van der Waals surface area contributed by atoms with Gasteiger partial charge in [-0.3, -0.25) is 4.57 Å². The predicted molar refractivity (Wildman–Crippen MR) is 317 cm³/mol. The van der Waals surface area contributed by atoms with E-state index >= 15 is 0 Å². The van der Waals surface area contributed by atoms with E-state index in [2.05, 4.69) is 239 Å². The van der Waals surface area contributed by atoms with Crippen LogP contribution in [0.5, 0.6) is 11.5 Å². The molecule has 74 heavy (non-hydrogen) atoms. The van der Waals surface area contributed by atoms with Crippen molar-refractivity contribution in [2.24, 2.45) is 0 Å². The molecule has 5 nitrogen and oxygen atoms in total. The molecular weight excluding hydrogens is 1150 g/mol. The van der Waals surface area contributed by atoms with Gasteiger partial charge in [-0.2, -0.15) is 18.2 Å². The molecule has 12 rings (SSSR count). The van der Waals surface area contributed by atoms with Gasteiger partial charge in [0.15, 0.2) is 0 Å². The normalized spacial score (nSPS) is 16.4. The Bertz CT molecular complexity index is 3760. The fourth-order valence-electron chi connectivity index (χ4n) is 12.1. The van der Waals surface area contributed by atoms with Gasteiger partial charge in [0, 0.05) is 44.3 Å². The van der Waals surface area contributed by atoms with Crippen LogP contribution in [0.2, 0.25) is 76.6 Å². The Labute approximate surface area is 456 Å². The van der Waals surface area contributed by atoms with Crippen molar-refractivity contribution < 1.29 is 30.4 Å². The Morgan fingerprint density at radius 2 is 1.11 bits per heavy atom. The minimum absolute atomic E-state index is 0. The van der Waals surface area contributed by atoms with Gasteiger partial charge in [0.25, 0.3) is 6.33 Å². The first-order valence-electron chi connectivity index (χ1n) is 26.3. The molecule has 7 aromatic carbocycles. The Morgan fingerprint density at radius 1 is 0.541 bits per heavy atom. The molecule has 0 aliphatic carbocycles. The smallest absolute Gasteiger partial charge is 0.268 e. The zero-order valence-corrected chi connectivity index (χ0v) is 51.0. The number of hydrogen-bond acceptors (Lipinski definition) is 2. The van der Waals surface area contributed by atoms with Crippen LogP contribution in [-0.2, 0) is 26.5 Å². The predicted octanol–water partition coefficient (Wildman–Crippen LogP) is 13.9. The molecule has 0 saturated carbocycles. The van der Waals surface area contributed by atoms with Crippen molar-refractivity contribution in [2.45, 2.75) is 103 Å². The minimum atomic E-state index is -1.65. The Kier molecular flexibility index (Phi) is 12.5. The molecule has 10 heteroatoms. The maximum Gasteiger partial charge on any atom is 0.268 e. The number of fused-ring (bicyclic) bond motifs is 6. The summed E-state index contributed by atoms with van der Waals surface area (Å²) in [6, 6.07) is 66.8. The molecule has 0 atom stereocenters. The largest absolute Gasteiger partial charge is 0.510 e. The third-order valence-corrected chi connectivity index (χ3v) is 31.8. The van der Waals surface area contributed by atoms with Gasteiger partial charge in [0.2, 0.25) is 0 Å². The van der Waals surface area contributed by atoms with E-state index in [1.54, 1.807) is 20.7 Å². The van der Waals surface area contributed by atoms with Crippen LogP contribution in [0, 0.1) is 18.5 Å². The fourth-order valence-corrected chi connectivity index (χ4v) is 32.6. The maximum atomic E-state index is 6.76. The van der Waals surface area contributed by atoms with Crippen LogP contribution in [0.3, 0.4) is 0 Å². The Balaban J connectivity index is 0.00000588. The van der Waals surface area contributed by atoms with E-state index in [-0.39, 0.29) is 26.5 Å². The molecule has 0 fully saturated rings. The molecule has 2 aliphatic heterocycles. The Hall–Kier alpha value is -5.68. The second kappa shape index (κ2) is 18.3. The molecule has 0 spiro atoms. The van der Waals surface area contributed by atoms with Crippen molar-refractivity contribution in [3.63, 3.8) is 0 Å². The van der Waals surface area contributed by atoms with Gasteiger partial charge >= 0.3 is 0 Å². The third kappa shape index (κ3) is 8.61. The number of rotatable bonds is 7. The van der Waals surface area contributed by atoms with Crippen molar-refractivity contribution in [3.8, 4) is 50.9 Å². The zero-order valence-electron chi connectivity index (χ0n) is 44.8. The standard InChI is InChI=1S/C64H66N4OSi4.Pt/c1-64(2,3)46-32-33-65-62(40-46)68-54-23-13-12-20-52(54)53-29-28-49(42-57(53)68)69-48-19-16-18-47(41-48)66-43-67(56-25-15-14-24-55(56)66)63-50(44-26-30-58-60(38-44)72(8,9)36-34-70(58,4)5)21-17-22-51(63)45-27-31-59-61(39-45)73(10,11)37-35-71(59,6)7;/h12-33,38-40H,34-37H2,1-11H3;/q-2;. The molecular formula is C64H66N4OPtSi4-2. The molecule has 5 heterocycles. The van der Waals surface area contributed by atoms with Crippen molar-refractivity contribution in [2.75, 3.05) is 0 Å². The number of benzene rings is 7. The van der Waals surface area contributed by atoms with E-state index in [1.807, 2.05) is 18.3 Å². The molecule has 0 bridgehead atoms. The maximum absolute atomic E-state index is 6.76. The van der Waals surface area contributed by atoms with Crippen LogP contribution in [0.15, 0.2) is 152 Å². The monoisotopic (exact) mass is 1210 g/mol. The zero-order chi connectivity index (χ0) is 50.8. The van der Waals surface area contributed by atoms with Crippen LogP contribution in [0.25, 0.3) is 72.3 Å². The quantitative estimate of drug-likeness (QED) is 0.0906. The van der Waals surface area contributed by atoms with Crippen LogP contribution in [0.4, 0.5) is 0 Å². The summed E-state index contributed by atoms with van der Waals surface area (Å²) < 4.78 is 13.5. The summed E-state index contributed by atoms with van der Waals surface area (Å²) in [7, 11) is -6.38. The first-order chi connectivity index (χ1) is 34.8. The first kappa shape index (κ1) is 50.5. The molecule has 0 radical (unpaired) electrons. The summed E-state index contributed by atoms with van der Waals surface area (Å²) in [4.78, 5) is 4.90. The molecule has 2 aliphatic rings. The molecule has 10 aromatic rings. The SMILES string of the molecule is CC(C)(C)c1ccnc(-n2c3[c-]c(Oc4[c-]c(-n5[c-][n+](-c6c(-c7ccc8c(c7)[Si](C)(C)CC[Si]8(C)C)cccc6-c6ccc7c(c6)[Si](C)(C)CC[Si]7(C)C)c6ccccc65)ccc4)ccc3c3ccccc32)c1.[Pt]. The summed E-state index contributed by atoms with van der Waals surface area (Å²) >= 11 is 0. The van der Waals surface area contributed by atoms with E-state index in [4.69, 9.17) is 9.72 Å². The average molecular weight is 1210 g/mol. The number of pyridine rings is 1. The second-order valence-electron chi connectivity index (χ2n) is 24.6. The van der Waals surface area contributed by atoms with Crippen molar-refractivity contribution in [1.29, 1.82) is 0 Å². The molecule has 0 unspecified atom stereocenters. The fraction of sp³-hybridized carbons (Fsp3) is 0.250. The molecule has 376 valence electrons. The number of aromatic nitrogens is 4. The van der Waals surface area contributed by atoms with Crippen molar-refractivity contribution in [3.05, 3.63) is 176 Å². The van der Waals surface area contributed by atoms with Gasteiger partial charge in [-0.25, -0.2) is 4.98 Å². The van der Waals surface area contributed by atoms with Gasteiger partial charge < -0.3 is 13.9 Å². The molecule has 0 N–H and O–H groups in total. The van der Waals surface area contributed by atoms with Crippen LogP contribution < -0.4 is 30.1 Å². The van der Waals surface area contributed by atoms with Gasteiger partial charge in [-0.1, -0.05) is 221 Å². The van der Waals surface area contributed by atoms with E-state index in [1.165, 1.54) is 52.0 Å². The number of nitrogens with zero attached hydrogens (tertiary/aromatic N) is 4. The van der Waals surface area contributed by atoms with Crippen molar-refractivity contribution >= 4 is 85.9 Å². The van der Waals surface area contributed by atoms with Gasteiger partial charge in [-0.05, 0) is 62.5 Å². The van der Waals surface area contributed by atoms with Crippen molar-refractivity contribution in [1.82, 2.24) is 14.1 Å². The number of hydrogen-bond donors (Lipinski definition) is 0. The minimum Gasteiger partial charge on any atom is -0.510 e. The van der Waals surface area contributed by atoms with Gasteiger partial charge in [0.05, 0.1) is 49.0 Å². The van der Waals surface area contributed by atoms with E-state index in [0.29, 0.717) is 11.5 Å². The van der Waals surface area contributed by atoms with E-state index in [9.17, 15) is 0 Å². The number of para-hydroxylation sites is 4. The second-order valence-corrected chi connectivity index (χ2v) is 43.8. The molecule has 0 amide bonds. The summed E-state index contributed by atoms with van der Waals surface area (Å²) in [5, 5.41) is 8.90. The molecule has 0 saturated heterocycles. The van der Waals surface area contributed by atoms with Crippen LogP contribution in [-0.4, -0.2) is 46.4 Å². The van der Waals surface area contributed by atoms with Crippen LogP contribution in [0.1, 0.15) is 26.3 Å². The summed E-state index contributed by atoms with van der Waals surface area (Å²) in [5.74, 6) is 2.07. The van der Waals surface area contributed by atoms with E-state index in [0.717, 1.165) is 50.0 Å². The summed E-state index contributed by atoms with van der Waals surface area (Å²) in [6.45, 7) is 27.4. The van der Waals surface area contributed by atoms with E-state index < -0.39 is 32.3 Å². The summed E-state index contributed by atoms with van der Waals surface area (Å²) in [6.07, 6.45) is 5.87. The number of imidazole rings is 1. The average Bonchev–Trinajstić information content (AvgIpc) is 3.93. The van der Waals surface area contributed by atoms with Gasteiger partial charge in [0.1, 0.15) is 5.82 Å². The first-order valence-corrected chi connectivity index (χ1v) is 39.1. The Morgan fingerprint density at radius 3 is 1.74 bits per heavy atom. The number of ether oxygens (including phenoxy) is 1.